The van der Waals surface area contributed by atoms with Gasteiger partial charge in [0.05, 0.1) is 7.11 Å². The Balaban J connectivity index is 2.94. The lowest BCUT2D eigenvalue weighted by Crippen LogP contribution is -1.94. The van der Waals surface area contributed by atoms with E-state index >= 15 is 0 Å². The standard InChI is InChI=1S/C12H13BrO2/c1-3-9-8-11(13)6-4-10(9)5-7-12(14)15-2/h4-8H,3H2,1-2H3. The van der Waals surface area contributed by atoms with E-state index in [0.29, 0.717) is 0 Å². The summed E-state index contributed by atoms with van der Waals surface area (Å²) in [5.41, 5.74) is 2.25. The number of carbonyl (C=O) groups excluding carboxylic acids is 1. The smallest absolute Gasteiger partial charge is 0.330 e. The van der Waals surface area contributed by atoms with Gasteiger partial charge in [0.25, 0.3) is 0 Å². The predicted octanol–water partition coefficient (Wildman–Crippen LogP) is 3.20. The van der Waals surface area contributed by atoms with E-state index in [1.165, 1.54) is 18.7 Å². The second kappa shape index (κ2) is 5.71. The summed E-state index contributed by atoms with van der Waals surface area (Å²) in [6.07, 6.45) is 4.14. The molecule has 1 rings (SSSR count). The van der Waals surface area contributed by atoms with Gasteiger partial charge in [-0.05, 0) is 35.8 Å². The molecule has 0 aromatic heterocycles. The maximum absolute atomic E-state index is 10.9. The lowest BCUT2D eigenvalue weighted by molar-refractivity contribution is -0.134. The molecular weight excluding hydrogens is 256 g/mol. The Hall–Kier alpha value is -1.09. The Morgan fingerprint density at radius 1 is 1.53 bits per heavy atom. The molecule has 0 aliphatic carbocycles. The van der Waals surface area contributed by atoms with Gasteiger partial charge in [0.2, 0.25) is 0 Å². The number of hydrogen-bond donors (Lipinski definition) is 0. The Morgan fingerprint density at radius 2 is 2.27 bits per heavy atom. The molecule has 0 bridgehead atoms. The largest absolute Gasteiger partial charge is 0.466 e. The van der Waals surface area contributed by atoms with Crippen molar-refractivity contribution in [1.29, 1.82) is 0 Å². The zero-order valence-electron chi connectivity index (χ0n) is 8.79. The number of methoxy groups -OCH3 is 1. The average molecular weight is 269 g/mol. The SMILES string of the molecule is CCc1cc(Br)ccc1C=CC(=O)OC. The summed E-state index contributed by atoms with van der Waals surface area (Å²) in [5.74, 6) is -0.333. The van der Waals surface area contributed by atoms with E-state index in [9.17, 15) is 4.79 Å². The molecular formula is C12H13BrO2. The third-order valence-corrected chi connectivity index (χ3v) is 2.58. The fourth-order valence-corrected chi connectivity index (χ4v) is 1.68. The molecule has 1 aromatic carbocycles. The first-order valence-electron chi connectivity index (χ1n) is 4.71. The summed E-state index contributed by atoms with van der Waals surface area (Å²) in [7, 11) is 1.37. The molecule has 15 heavy (non-hydrogen) atoms. The number of ether oxygens (including phenoxy) is 1. The fourth-order valence-electron chi connectivity index (χ4n) is 1.27. The van der Waals surface area contributed by atoms with Crippen molar-refractivity contribution in [3.05, 3.63) is 39.9 Å². The summed E-state index contributed by atoms with van der Waals surface area (Å²) >= 11 is 3.42. The first-order valence-corrected chi connectivity index (χ1v) is 5.51. The minimum Gasteiger partial charge on any atom is -0.466 e. The molecule has 0 atom stereocenters. The maximum atomic E-state index is 10.9. The Bertz CT molecular complexity index is 383. The highest BCUT2D eigenvalue weighted by Gasteiger charge is 1.99. The van der Waals surface area contributed by atoms with Crippen LogP contribution in [0.5, 0.6) is 0 Å². The highest BCUT2D eigenvalue weighted by molar-refractivity contribution is 9.10. The van der Waals surface area contributed by atoms with Crippen LogP contribution in [0.25, 0.3) is 6.08 Å². The van der Waals surface area contributed by atoms with Gasteiger partial charge < -0.3 is 4.74 Å². The van der Waals surface area contributed by atoms with E-state index in [4.69, 9.17) is 0 Å². The summed E-state index contributed by atoms with van der Waals surface area (Å²) in [4.78, 5) is 10.9. The minimum absolute atomic E-state index is 0.333. The van der Waals surface area contributed by atoms with E-state index in [1.807, 2.05) is 12.1 Å². The van der Waals surface area contributed by atoms with Gasteiger partial charge in [-0.3, -0.25) is 0 Å². The van der Waals surface area contributed by atoms with Gasteiger partial charge in [0, 0.05) is 10.5 Å². The molecule has 0 amide bonds. The molecule has 3 heteroatoms. The van der Waals surface area contributed by atoms with Crippen LogP contribution >= 0.6 is 15.9 Å². The molecule has 0 saturated carbocycles. The van der Waals surface area contributed by atoms with Crippen LogP contribution in [0.4, 0.5) is 0 Å². The molecule has 0 fully saturated rings. The van der Waals surface area contributed by atoms with Crippen molar-refractivity contribution in [3.8, 4) is 0 Å². The summed E-state index contributed by atoms with van der Waals surface area (Å²) < 4.78 is 5.58. The fraction of sp³-hybridized carbons (Fsp3) is 0.250. The van der Waals surface area contributed by atoms with Gasteiger partial charge in [-0.25, -0.2) is 4.79 Å². The number of benzene rings is 1. The first-order chi connectivity index (χ1) is 7.17. The molecule has 0 heterocycles. The quantitative estimate of drug-likeness (QED) is 0.622. The zero-order valence-corrected chi connectivity index (χ0v) is 10.4. The van der Waals surface area contributed by atoms with Crippen LogP contribution in [0, 0.1) is 0 Å². The second-order valence-corrected chi connectivity index (χ2v) is 3.97. The molecule has 0 aliphatic heterocycles. The van der Waals surface area contributed by atoms with Crippen LogP contribution in [0.1, 0.15) is 18.1 Å². The normalized spacial score (nSPS) is 10.6. The molecule has 0 radical (unpaired) electrons. The van der Waals surface area contributed by atoms with Gasteiger partial charge >= 0.3 is 5.97 Å². The molecule has 2 nitrogen and oxygen atoms in total. The van der Waals surface area contributed by atoms with E-state index in [-0.39, 0.29) is 5.97 Å². The van der Waals surface area contributed by atoms with E-state index in [0.717, 1.165) is 16.5 Å². The van der Waals surface area contributed by atoms with E-state index in [2.05, 4.69) is 33.7 Å². The lowest BCUT2D eigenvalue weighted by atomic mass is 10.1. The van der Waals surface area contributed by atoms with Gasteiger partial charge in [-0.15, -0.1) is 0 Å². The van der Waals surface area contributed by atoms with Crippen molar-refractivity contribution in [2.75, 3.05) is 7.11 Å². The van der Waals surface area contributed by atoms with Gasteiger partial charge in [-0.1, -0.05) is 28.9 Å². The van der Waals surface area contributed by atoms with Crippen molar-refractivity contribution in [2.45, 2.75) is 13.3 Å². The topological polar surface area (TPSA) is 26.3 Å². The molecule has 0 N–H and O–H groups in total. The first kappa shape index (κ1) is 12.0. The van der Waals surface area contributed by atoms with Crippen LogP contribution in [-0.4, -0.2) is 13.1 Å². The molecule has 80 valence electrons. The average Bonchev–Trinajstić information content (AvgIpc) is 2.26. The number of halogens is 1. The predicted molar refractivity (Wildman–Crippen MR) is 64.6 cm³/mol. The molecule has 0 unspecified atom stereocenters. The lowest BCUT2D eigenvalue weighted by Gasteiger charge is -2.03. The molecule has 0 aliphatic rings. The van der Waals surface area contributed by atoms with Crippen molar-refractivity contribution in [3.63, 3.8) is 0 Å². The Labute approximate surface area is 98.1 Å². The number of carbonyl (C=O) groups is 1. The van der Waals surface area contributed by atoms with Crippen LogP contribution < -0.4 is 0 Å². The third-order valence-electron chi connectivity index (χ3n) is 2.09. The highest BCUT2D eigenvalue weighted by atomic mass is 79.9. The number of aryl methyl sites for hydroxylation is 1. The van der Waals surface area contributed by atoms with Gasteiger partial charge in [-0.2, -0.15) is 0 Å². The molecule has 1 aromatic rings. The summed E-state index contributed by atoms with van der Waals surface area (Å²) in [6, 6.07) is 5.98. The Kier molecular flexibility index (Phi) is 4.56. The van der Waals surface area contributed by atoms with E-state index in [1.54, 1.807) is 6.08 Å². The van der Waals surface area contributed by atoms with E-state index < -0.39 is 0 Å². The summed E-state index contributed by atoms with van der Waals surface area (Å²) in [5, 5.41) is 0. The van der Waals surface area contributed by atoms with Gasteiger partial charge in [0.15, 0.2) is 0 Å². The number of esters is 1. The zero-order chi connectivity index (χ0) is 11.3. The van der Waals surface area contributed by atoms with Crippen LogP contribution in [0.3, 0.4) is 0 Å². The second-order valence-electron chi connectivity index (χ2n) is 3.05. The third kappa shape index (κ3) is 3.51. The van der Waals surface area contributed by atoms with Crippen molar-refractivity contribution >= 4 is 28.0 Å². The van der Waals surface area contributed by atoms with Crippen molar-refractivity contribution in [2.24, 2.45) is 0 Å². The van der Waals surface area contributed by atoms with Crippen LogP contribution in [0.15, 0.2) is 28.7 Å². The molecule has 0 saturated heterocycles. The minimum atomic E-state index is -0.333. The highest BCUT2D eigenvalue weighted by Crippen LogP contribution is 2.18. The van der Waals surface area contributed by atoms with Crippen molar-refractivity contribution in [1.82, 2.24) is 0 Å². The van der Waals surface area contributed by atoms with Crippen LogP contribution in [-0.2, 0) is 16.0 Å². The van der Waals surface area contributed by atoms with Gasteiger partial charge in [0.1, 0.15) is 0 Å². The maximum Gasteiger partial charge on any atom is 0.330 e. The van der Waals surface area contributed by atoms with Crippen LogP contribution in [0.2, 0.25) is 0 Å². The van der Waals surface area contributed by atoms with Crippen molar-refractivity contribution < 1.29 is 9.53 Å². The summed E-state index contributed by atoms with van der Waals surface area (Å²) in [6.45, 7) is 2.08. The number of rotatable bonds is 3. The monoisotopic (exact) mass is 268 g/mol. The molecule has 0 spiro atoms. The number of hydrogen-bond acceptors (Lipinski definition) is 2. The Morgan fingerprint density at radius 3 is 2.87 bits per heavy atom.